The number of hydrogen-bond donors (Lipinski definition) is 1. The van der Waals surface area contributed by atoms with E-state index in [2.05, 4.69) is 0 Å². The van der Waals surface area contributed by atoms with Crippen molar-refractivity contribution in [2.24, 2.45) is 0 Å². The number of fused-ring (bicyclic) bond motifs is 1. The highest BCUT2D eigenvalue weighted by Gasteiger charge is 2.34. The van der Waals surface area contributed by atoms with Gasteiger partial charge < -0.3 is 10.0 Å². The highest BCUT2D eigenvalue weighted by molar-refractivity contribution is 6.35. The molecule has 0 bridgehead atoms. The first kappa shape index (κ1) is 14.2. The van der Waals surface area contributed by atoms with E-state index in [1.807, 2.05) is 35.2 Å². The summed E-state index contributed by atoms with van der Waals surface area (Å²) >= 11 is 12.1. The Labute approximate surface area is 132 Å². The predicted octanol–water partition coefficient (Wildman–Crippen LogP) is 4.01. The molecule has 0 aliphatic carbocycles. The number of halogens is 2. The van der Waals surface area contributed by atoms with Crippen LogP contribution in [0.15, 0.2) is 42.5 Å². The van der Waals surface area contributed by atoms with Crippen LogP contribution < -0.4 is 4.90 Å². The van der Waals surface area contributed by atoms with Crippen LogP contribution in [0.2, 0.25) is 10.0 Å². The molecule has 2 aromatic rings. The summed E-state index contributed by atoms with van der Waals surface area (Å²) in [6, 6.07) is 12.5. The van der Waals surface area contributed by atoms with Crippen molar-refractivity contribution in [2.45, 2.75) is 19.0 Å². The molecule has 0 saturated carbocycles. The summed E-state index contributed by atoms with van der Waals surface area (Å²) in [5.41, 5.74) is 2.87. The molecule has 0 aromatic heterocycles. The van der Waals surface area contributed by atoms with Crippen molar-refractivity contribution in [3.05, 3.63) is 63.6 Å². The van der Waals surface area contributed by atoms with Gasteiger partial charge in [-0.05, 0) is 29.3 Å². The summed E-state index contributed by atoms with van der Waals surface area (Å²) in [7, 11) is 0. The predicted molar refractivity (Wildman–Crippen MR) is 84.2 cm³/mol. The lowest BCUT2D eigenvalue weighted by Gasteiger charge is -2.25. The van der Waals surface area contributed by atoms with Crippen LogP contribution in [-0.4, -0.2) is 17.1 Å². The van der Waals surface area contributed by atoms with Gasteiger partial charge >= 0.3 is 5.97 Å². The van der Waals surface area contributed by atoms with Crippen molar-refractivity contribution in [1.29, 1.82) is 0 Å². The standard InChI is InChI=1S/C16H13Cl2NO2/c17-12-6-5-11(13(18)8-12)9-19-14-4-2-1-3-10(14)7-15(19)16(20)21/h1-6,8,15H,7,9H2,(H,20,21). The zero-order valence-corrected chi connectivity index (χ0v) is 12.6. The van der Waals surface area contributed by atoms with Crippen LogP contribution in [0.4, 0.5) is 5.69 Å². The number of carboxylic acid groups (broad SMARTS) is 1. The van der Waals surface area contributed by atoms with Crippen LogP contribution in [0.5, 0.6) is 0 Å². The molecule has 5 heteroatoms. The molecule has 108 valence electrons. The molecule has 1 aliphatic heterocycles. The Morgan fingerprint density at radius 2 is 2.00 bits per heavy atom. The lowest BCUT2D eigenvalue weighted by Crippen LogP contribution is -2.38. The first-order valence-corrected chi connectivity index (χ1v) is 7.33. The van der Waals surface area contributed by atoms with E-state index >= 15 is 0 Å². The number of benzene rings is 2. The number of aliphatic carboxylic acids is 1. The average Bonchev–Trinajstić information content (AvgIpc) is 2.81. The fourth-order valence-corrected chi connectivity index (χ4v) is 3.17. The van der Waals surface area contributed by atoms with E-state index in [1.54, 1.807) is 12.1 Å². The van der Waals surface area contributed by atoms with Crippen molar-refractivity contribution in [3.63, 3.8) is 0 Å². The lowest BCUT2D eigenvalue weighted by atomic mass is 10.1. The molecule has 3 nitrogen and oxygen atoms in total. The number of carboxylic acids is 1. The molecule has 0 fully saturated rings. The molecule has 0 amide bonds. The van der Waals surface area contributed by atoms with E-state index in [1.165, 1.54) is 0 Å². The van der Waals surface area contributed by atoms with E-state index in [0.717, 1.165) is 16.8 Å². The summed E-state index contributed by atoms with van der Waals surface area (Å²) in [6.45, 7) is 0.448. The van der Waals surface area contributed by atoms with Gasteiger partial charge in [0, 0.05) is 28.7 Å². The van der Waals surface area contributed by atoms with Crippen molar-refractivity contribution < 1.29 is 9.90 Å². The fourth-order valence-electron chi connectivity index (χ4n) is 2.70. The highest BCUT2D eigenvalue weighted by atomic mass is 35.5. The van der Waals surface area contributed by atoms with Gasteiger partial charge in [0.25, 0.3) is 0 Å². The molecule has 1 N–H and O–H groups in total. The second-order valence-corrected chi connectivity index (χ2v) is 5.89. The third-order valence-corrected chi connectivity index (χ3v) is 4.32. The average molecular weight is 322 g/mol. The zero-order chi connectivity index (χ0) is 15.0. The largest absolute Gasteiger partial charge is 0.480 e. The number of rotatable bonds is 3. The van der Waals surface area contributed by atoms with Crippen molar-refractivity contribution in [1.82, 2.24) is 0 Å². The van der Waals surface area contributed by atoms with Crippen molar-refractivity contribution in [2.75, 3.05) is 4.90 Å². The van der Waals surface area contributed by atoms with Gasteiger partial charge in [-0.2, -0.15) is 0 Å². The molecule has 3 rings (SSSR count). The topological polar surface area (TPSA) is 40.5 Å². The SMILES string of the molecule is O=C(O)C1Cc2ccccc2N1Cc1ccc(Cl)cc1Cl. The third kappa shape index (κ3) is 2.71. The molecule has 1 aliphatic rings. The van der Waals surface area contributed by atoms with E-state index in [0.29, 0.717) is 23.0 Å². The second-order valence-electron chi connectivity index (χ2n) is 5.05. The smallest absolute Gasteiger partial charge is 0.326 e. The quantitative estimate of drug-likeness (QED) is 0.928. The number of para-hydroxylation sites is 1. The molecule has 21 heavy (non-hydrogen) atoms. The van der Waals surface area contributed by atoms with Gasteiger partial charge in [0.2, 0.25) is 0 Å². The molecule has 2 aromatic carbocycles. The minimum absolute atomic E-state index is 0.448. The van der Waals surface area contributed by atoms with E-state index in [4.69, 9.17) is 23.2 Å². The molecule has 1 unspecified atom stereocenters. The Bertz CT molecular complexity index is 702. The number of carbonyl (C=O) groups is 1. The summed E-state index contributed by atoms with van der Waals surface area (Å²) in [6.07, 6.45) is 0.511. The molecule has 0 spiro atoms. The zero-order valence-electron chi connectivity index (χ0n) is 11.1. The summed E-state index contributed by atoms with van der Waals surface area (Å²) in [5, 5.41) is 10.6. The second kappa shape index (κ2) is 5.58. The van der Waals surface area contributed by atoms with Gasteiger partial charge in [0.15, 0.2) is 0 Å². The molecule has 0 radical (unpaired) electrons. The minimum Gasteiger partial charge on any atom is -0.480 e. The van der Waals surface area contributed by atoms with Gasteiger partial charge in [-0.3, -0.25) is 0 Å². The van der Waals surface area contributed by atoms with Crippen LogP contribution in [0.1, 0.15) is 11.1 Å². The monoisotopic (exact) mass is 321 g/mol. The Morgan fingerprint density at radius 3 is 2.71 bits per heavy atom. The maximum atomic E-state index is 11.5. The van der Waals surface area contributed by atoms with E-state index in [9.17, 15) is 9.90 Å². The first-order chi connectivity index (χ1) is 10.1. The first-order valence-electron chi connectivity index (χ1n) is 6.57. The van der Waals surface area contributed by atoms with Gasteiger partial charge in [0.05, 0.1) is 0 Å². The van der Waals surface area contributed by atoms with Crippen LogP contribution in [0, 0.1) is 0 Å². The summed E-state index contributed by atoms with van der Waals surface area (Å²) in [5.74, 6) is -0.823. The van der Waals surface area contributed by atoms with Crippen LogP contribution in [0.3, 0.4) is 0 Å². The number of anilines is 1. The Morgan fingerprint density at radius 1 is 1.24 bits per heavy atom. The van der Waals surface area contributed by atoms with Gasteiger partial charge in [0.1, 0.15) is 6.04 Å². The molecule has 1 heterocycles. The Hall–Kier alpha value is -1.71. The lowest BCUT2D eigenvalue weighted by molar-refractivity contribution is -0.138. The van der Waals surface area contributed by atoms with Crippen molar-refractivity contribution >= 4 is 34.9 Å². The molecule has 0 saturated heterocycles. The number of nitrogens with zero attached hydrogens (tertiary/aromatic N) is 1. The van der Waals surface area contributed by atoms with Crippen LogP contribution in [0.25, 0.3) is 0 Å². The molecule has 1 atom stereocenters. The van der Waals surface area contributed by atoms with Crippen LogP contribution >= 0.6 is 23.2 Å². The van der Waals surface area contributed by atoms with E-state index in [-0.39, 0.29) is 0 Å². The summed E-state index contributed by atoms with van der Waals surface area (Å²) < 4.78 is 0. The molecular weight excluding hydrogens is 309 g/mol. The van der Waals surface area contributed by atoms with Gasteiger partial charge in [-0.15, -0.1) is 0 Å². The number of hydrogen-bond acceptors (Lipinski definition) is 2. The summed E-state index contributed by atoms with van der Waals surface area (Å²) in [4.78, 5) is 13.4. The maximum Gasteiger partial charge on any atom is 0.326 e. The fraction of sp³-hybridized carbons (Fsp3) is 0.188. The Kier molecular flexibility index (Phi) is 3.79. The Balaban J connectivity index is 1.96. The van der Waals surface area contributed by atoms with E-state index < -0.39 is 12.0 Å². The van der Waals surface area contributed by atoms with Crippen molar-refractivity contribution in [3.8, 4) is 0 Å². The minimum atomic E-state index is -0.823. The highest BCUT2D eigenvalue weighted by Crippen LogP contribution is 2.34. The molecular formula is C16H13Cl2NO2. The maximum absolute atomic E-state index is 11.5. The van der Waals surface area contributed by atoms with Gasteiger partial charge in [-0.1, -0.05) is 47.5 Å². The van der Waals surface area contributed by atoms with Crippen LogP contribution in [-0.2, 0) is 17.8 Å². The van der Waals surface area contributed by atoms with Gasteiger partial charge in [-0.25, -0.2) is 4.79 Å². The third-order valence-electron chi connectivity index (χ3n) is 3.73. The normalized spacial score (nSPS) is 16.9.